The van der Waals surface area contributed by atoms with Crippen molar-refractivity contribution in [2.24, 2.45) is 5.92 Å². The fourth-order valence-corrected chi connectivity index (χ4v) is 5.54. The molecule has 2 N–H and O–H groups in total. The molecular weight excluding hydrogens is 414 g/mol. The van der Waals surface area contributed by atoms with Gasteiger partial charge in [0.2, 0.25) is 11.8 Å². The molecule has 2 amide bonds. The van der Waals surface area contributed by atoms with Crippen LogP contribution in [0.4, 0.5) is 11.5 Å². The van der Waals surface area contributed by atoms with E-state index < -0.39 is 0 Å². The summed E-state index contributed by atoms with van der Waals surface area (Å²) in [4.78, 5) is 34.8. The van der Waals surface area contributed by atoms with Gasteiger partial charge in [0.15, 0.2) is 0 Å². The van der Waals surface area contributed by atoms with Crippen LogP contribution in [0.2, 0.25) is 0 Å². The average molecular weight is 448 g/mol. The average Bonchev–Trinajstić information content (AvgIpc) is 3.30. The first kappa shape index (κ1) is 21.9. The van der Waals surface area contributed by atoms with Crippen molar-refractivity contribution in [2.45, 2.75) is 51.6 Å². The van der Waals surface area contributed by atoms with Crippen LogP contribution in [0.3, 0.4) is 0 Å². The number of hydrogen-bond donors (Lipinski definition) is 2. The van der Waals surface area contributed by atoms with Crippen molar-refractivity contribution in [1.82, 2.24) is 15.2 Å². The van der Waals surface area contributed by atoms with Gasteiger partial charge in [0.25, 0.3) is 0 Å². The van der Waals surface area contributed by atoms with E-state index in [2.05, 4.69) is 22.8 Å². The third-order valence-electron chi connectivity index (χ3n) is 7.41. The van der Waals surface area contributed by atoms with Crippen molar-refractivity contribution >= 4 is 23.3 Å². The highest BCUT2D eigenvalue weighted by Gasteiger charge is 2.43. The maximum atomic E-state index is 14.0. The van der Waals surface area contributed by atoms with E-state index in [0.29, 0.717) is 25.7 Å². The van der Waals surface area contributed by atoms with Gasteiger partial charge in [-0.05, 0) is 68.5 Å². The molecule has 0 aliphatic carbocycles. The molecular formula is C26H33N5O2. The van der Waals surface area contributed by atoms with Gasteiger partial charge >= 0.3 is 0 Å². The summed E-state index contributed by atoms with van der Waals surface area (Å²) in [6.45, 7) is 7.52. The molecule has 0 radical (unpaired) electrons. The van der Waals surface area contributed by atoms with Gasteiger partial charge in [0.05, 0.1) is 18.2 Å². The summed E-state index contributed by atoms with van der Waals surface area (Å²) in [5.74, 6) is 0.759. The van der Waals surface area contributed by atoms with Crippen LogP contribution in [0.1, 0.15) is 48.9 Å². The van der Waals surface area contributed by atoms with Gasteiger partial charge in [0.1, 0.15) is 5.82 Å². The van der Waals surface area contributed by atoms with E-state index in [1.54, 1.807) is 6.92 Å². The van der Waals surface area contributed by atoms with E-state index in [1.165, 1.54) is 0 Å². The first-order valence-electron chi connectivity index (χ1n) is 12.1. The molecule has 33 heavy (non-hydrogen) atoms. The number of rotatable bonds is 4. The molecule has 7 nitrogen and oxygen atoms in total. The third kappa shape index (κ3) is 4.34. The van der Waals surface area contributed by atoms with E-state index in [0.717, 1.165) is 60.7 Å². The molecule has 3 aliphatic heterocycles. The molecule has 2 fully saturated rings. The fraction of sp³-hybridized carbons (Fsp3) is 0.500. The Morgan fingerprint density at radius 2 is 1.91 bits per heavy atom. The Kier molecular flexibility index (Phi) is 6.06. The van der Waals surface area contributed by atoms with Gasteiger partial charge in [-0.1, -0.05) is 24.3 Å². The quantitative estimate of drug-likeness (QED) is 0.753. The second-order valence-electron chi connectivity index (χ2n) is 9.61. The summed E-state index contributed by atoms with van der Waals surface area (Å²) in [6.07, 6.45) is 2.96. The number of carbonyl (C=O) groups excluding carboxylic acids is 2. The number of nitrogens with zero attached hydrogens (tertiary/aromatic N) is 3. The first-order chi connectivity index (χ1) is 16.0. The van der Waals surface area contributed by atoms with E-state index in [1.807, 2.05) is 41.0 Å². The zero-order valence-corrected chi connectivity index (χ0v) is 19.5. The Labute approximate surface area is 195 Å². The minimum Gasteiger partial charge on any atom is -0.367 e. The Morgan fingerprint density at radius 1 is 1.12 bits per heavy atom. The highest BCUT2D eigenvalue weighted by Crippen LogP contribution is 2.40. The number of para-hydroxylation sites is 1. The molecule has 0 spiro atoms. The molecule has 174 valence electrons. The topological polar surface area (TPSA) is 77.6 Å². The summed E-state index contributed by atoms with van der Waals surface area (Å²) in [7, 11) is 0. The SMILES string of the molecule is CC(=O)N1CC[C@@H](C2C(=O)N(c3ccccc3C)Cc3ccc(NC4CCNCC4)nc32)C1. The van der Waals surface area contributed by atoms with Crippen LogP contribution in [-0.4, -0.2) is 53.9 Å². The number of carbonyl (C=O) groups is 2. The van der Waals surface area contributed by atoms with Gasteiger partial charge in [-0.3, -0.25) is 9.59 Å². The zero-order valence-electron chi connectivity index (χ0n) is 19.5. The van der Waals surface area contributed by atoms with Crippen molar-refractivity contribution in [2.75, 3.05) is 36.4 Å². The molecule has 4 heterocycles. The lowest BCUT2D eigenvalue weighted by molar-refractivity contribution is -0.128. The minimum atomic E-state index is -0.340. The van der Waals surface area contributed by atoms with Crippen molar-refractivity contribution in [3.8, 4) is 0 Å². The van der Waals surface area contributed by atoms with Crippen LogP contribution in [-0.2, 0) is 16.1 Å². The maximum Gasteiger partial charge on any atom is 0.236 e. The van der Waals surface area contributed by atoms with Crippen molar-refractivity contribution in [1.29, 1.82) is 0 Å². The Balaban J connectivity index is 1.50. The molecule has 1 aromatic heterocycles. The number of pyridine rings is 1. The van der Waals surface area contributed by atoms with E-state index >= 15 is 0 Å². The number of nitrogens with one attached hydrogen (secondary N) is 2. The Hall–Kier alpha value is -2.93. The molecule has 7 heteroatoms. The van der Waals surface area contributed by atoms with Gasteiger partial charge in [-0.15, -0.1) is 0 Å². The van der Waals surface area contributed by atoms with Crippen LogP contribution in [0.25, 0.3) is 0 Å². The molecule has 2 saturated heterocycles. The predicted octanol–water partition coefficient (Wildman–Crippen LogP) is 3.05. The number of anilines is 2. The standard InChI is InChI=1S/C26H33N5O2/c1-17-5-3-4-6-22(17)31-16-20-7-8-23(28-21-9-12-27-13-10-21)29-25(20)24(26(31)33)19-11-14-30(15-19)18(2)32/h3-8,19,21,24,27H,9-16H2,1-2H3,(H,28,29)/t19-,24?/m1/s1. The number of fused-ring (bicyclic) bond motifs is 1. The summed E-state index contributed by atoms with van der Waals surface area (Å²) >= 11 is 0. The number of aryl methyl sites for hydroxylation is 1. The number of hydrogen-bond acceptors (Lipinski definition) is 5. The highest BCUT2D eigenvalue weighted by atomic mass is 16.2. The Morgan fingerprint density at radius 3 is 2.64 bits per heavy atom. The summed E-state index contributed by atoms with van der Waals surface area (Å²) in [6, 6.07) is 12.6. The van der Waals surface area contributed by atoms with E-state index in [9.17, 15) is 9.59 Å². The molecule has 1 unspecified atom stereocenters. The lowest BCUT2D eigenvalue weighted by Gasteiger charge is -2.37. The lowest BCUT2D eigenvalue weighted by atomic mass is 9.82. The molecule has 0 saturated carbocycles. The second-order valence-corrected chi connectivity index (χ2v) is 9.61. The summed E-state index contributed by atoms with van der Waals surface area (Å²) < 4.78 is 0. The fourth-order valence-electron chi connectivity index (χ4n) is 5.54. The van der Waals surface area contributed by atoms with Crippen molar-refractivity contribution in [3.05, 3.63) is 53.2 Å². The number of aromatic nitrogens is 1. The van der Waals surface area contributed by atoms with E-state index in [4.69, 9.17) is 4.98 Å². The van der Waals surface area contributed by atoms with E-state index in [-0.39, 0.29) is 23.7 Å². The number of amides is 2. The lowest BCUT2D eigenvalue weighted by Crippen LogP contribution is -2.44. The monoisotopic (exact) mass is 447 g/mol. The first-order valence-corrected chi connectivity index (χ1v) is 12.1. The molecule has 3 aliphatic rings. The largest absolute Gasteiger partial charge is 0.367 e. The van der Waals surface area contributed by atoms with Crippen LogP contribution < -0.4 is 15.5 Å². The van der Waals surface area contributed by atoms with Gasteiger partial charge in [-0.2, -0.15) is 0 Å². The van der Waals surface area contributed by atoms with Crippen LogP contribution >= 0.6 is 0 Å². The molecule has 2 aromatic rings. The van der Waals surface area contributed by atoms with Gasteiger partial charge < -0.3 is 20.4 Å². The number of benzene rings is 1. The number of piperidine rings is 1. The zero-order chi connectivity index (χ0) is 22.9. The normalized spacial score (nSPS) is 23.5. The van der Waals surface area contributed by atoms with Gasteiger partial charge in [-0.25, -0.2) is 4.98 Å². The Bertz CT molecular complexity index is 1050. The minimum absolute atomic E-state index is 0.0750. The summed E-state index contributed by atoms with van der Waals surface area (Å²) in [5, 5.41) is 6.99. The second kappa shape index (κ2) is 9.14. The molecule has 2 atom stereocenters. The van der Waals surface area contributed by atoms with Gasteiger partial charge in [0, 0.05) is 31.7 Å². The summed E-state index contributed by atoms with van der Waals surface area (Å²) in [5.41, 5.74) is 4.03. The van der Waals surface area contributed by atoms with Crippen LogP contribution in [0.15, 0.2) is 36.4 Å². The maximum absolute atomic E-state index is 14.0. The van der Waals surface area contributed by atoms with Crippen molar-refractivity contribution < 1.29 is 9.59 Å². The van der Waals surface area contributed by atoms with Crippen molar-refractivity contribution in [3.63, 3.8) is 0 Å². The number of likely N-dealkylation sites (tertiary alicyclic amines) is 1. The van der Waals surface area contributed by atoms with Crippen LogP contribution in [0, 0.1) is 12.8 Å². The van der Waals surface area contributed by atoms with Crippen LogP contribution in [0.5, 0.6) is 0 Å². The highest BCUT2D eigenvalue weighted by molar-refractivity contribution is 6.00. The predicted molar refractivity (Wildman–Crippen MR) is 129 cm³/mol. The molecule has 0 bridgehead atoms. The smallest absolute Gasteiger partial charge is 0.236 e. The molecule has 1 aromatic carbocycles. The molecule has 5 rings (SSSR count). The third-order valence-corrected chi connectivity index (χ3v) is 7.41.